The number of hydrogen-bond acceptors (Lipinski definition) is 3. The van der Waals surface area contributed by atoms with E-state index in [9.17, 15) is 8.78 Å². The fraction of sp³-hybridized carbons (Fsp3) is 0.364. The van der Waals surface area contributed by atoms with Crippen LogP contribution in [0, 0.1) is 23.0 Å². The molecule has 0 bridgehead atoms. The van der Waals surface area contributed by atoms with Crippen molar-refractivity contribution in [1.29, 1.82) is 5.41 Å². The molecule has 0 heterocycles. The Labute approximate surface area is 103 Å². The highest BCUT2D eigenvalue weighted by Gasteiger charge is 2.14. The Bertz CT molecular complexity index is 403. The Kier molecular flexibility index (Phi) is 4.89. The van der Waals surface area contributed by atoms with Crippen LogP contribution >= 0.6 is 11.8 Å². The summed E-state index contributed by atoms with van der Waals surface area (Å²) in [5, 5.41) is 15.9. The van der Waals surface area contributed by atoms with Crippen molar-refractivity contribution < 1.29 is 13.9 Å². The molecule has 0 saturated heterocycles. The molecule has 4 N–H and O–H groups in total. The molecular formula is C11H14F2N2OS. The van der Waals surface area contributed by atoms with E-state index < -0.39 is 11.6 Å². The molecular weight excluding hydrogens is 246 g/mol. The maximum atomic E-state index is 13.6. The van der Waals surface area contributed by atoms with Gasteiger partial charge in [-0.05, 0) is 18.1 Å². The predicted molar refractivity (Wildman–Crippen MR) is 64.3 cm³/mol. The minimum Gasteiger partial charge on any atom is -0.396 e. The second kappa shape index (κ2) is 5.97. The van der Waals surface area contributed by atoms with Crippen molar-refractivity contribution in [3.8, 4) is 0 Å². The van der Waals surface area contributed by atoms with E-state index in [1.807, 2.05) is 0 Å². The minimum absolute atomic E-state index is 0.0260. The van der Waals surface area contributed by atoms with Gasteiger partial charge in [-0.1, -0.05) is 6.92 Å². The van der Waals surface area contributed by atoms with Crippen molar-refractivity contribution in [2.24, 2.45) is 11.7 Å². The smallest absolute Gasteiger partial charge is 0.140 e. The fourth-order valence-electron chi connectivity index (χ4n) is 1.13. The molecule has 3 nitrogen and oxygen atoms in total. The number of halogens is 2. The van der Waals surface area contributed by atoms with Crippen LogP contribution in [0.2, 0.25) is 0 Å². The van der Waals surface area contributed by atoms with Gasteiger partial charge in [0, 0.05) is 17.9 Å². The third-order valence-corrected chi connectivity index (χ3v) is 3.55. The van der Waals surface area contributed by atoms with Crippen molar-refractivity contribution in [1.82, 2.24) is 0 Å². The summed E-state index contributed by atoms with van der Waals surface area (Å²) in [5.74, 6) is -1.45. The Morgan fingerprint density at radius 2 is 2.00 bits per heavy atom. The van der Waals surface area contributed by atoms with Crippen LogP contribution in [0.15, 0.2) is 17.0 Å². The van der Waals surface area contributed by atoms with Gasteiger partial charge >= 0.3 is 0 Å². The van der Waals surface area contributed by atoms with Crippen LogP contribution in [0.25, 0.3) is 0 Å². The van der Waals surface area contributed by atoms with Crippen molar-refractivity contribution in [2.45, 2.75) is 11.8 Å². The summed E-state index contributed by atoms with van der Waals surface area (Å²) < 4.78 is 27.1. The molecule has 0 aliphatic rings. The van der Waals surface area contributed by atoms with Gasteiger partial charge in [-0.15, -0.1) is 11.8 Å². The molecule has 1 rings (SSSR count). The van der Waals surface area contributed by atoms with E-state index in [1.165, 1.54) is 0 Å². The van der Waals surface area contributed by atoms with Crippen molar-refractivity contribution >= 4 is 17.6 Å². The van der Waals surface area contributed by atoms with Gasteiger partial charge in [-0.2, -0.15) is 0 Å². The van der Waals surface area contributed by atoms with Gasteiger partial charge in [-0.3, -0.25) is 5.41 Å². The molecule has 0 radical (unpaired) electrons. The first-order valence-corrected chi connectivity index (χ1v) is 6.01. The largest absolute Gasteiger partial charge is 0.396 e. The summed E-state index contributed by atoms with van der Waals surface area (Å²) in [6.07, 6.45) is 0. The van der Waals surface area contributed by atoms with Crippen LogP contribution in [0.5, 0.6) is 0 Å². The van der Waals surface area contributed by atoms with E-state index in [2.05, 4.69) is 0 Å². The first-order chi connectivity index (χ1) is 7.95. The number of benzene rings is 1. The zero-order chi connectivity index (χ0) is 13.0. The number of aliphatic hydroxyl groups excluding tert-OH is 1. The highest BCUT2D eigenvalue weighted by molar-refractivity contribution is 7.99. The molecule has 0 spiro atoms. The molecule has 1 aromatic rings. The third kappa shape index (κ3) is 3.67. The van der Waals surface area contributed by atoms with Gasteiger partial charge in [0.15, 0.2) is 0 Å². The van der Waals surface area contributed by atoms with Crippen LogP contribution in [0.3, 0.4) is 0 Å². The molecule has 0 aliphatic carbocycles. The number of nitrogens with two attached hydrogens (primary N) is 1. The minimum atomic E-state index is -0.731. The second-order valence-corrected chi connectivity index (χ2v) is 4.81. The van der Waals surface area contributed by atoms with Gasteiger partial charge in [0.05, 0.1) is 4.90 Å². The van der Waals surface area contributed by atoms with Gasteiger partial charge in [0.25, 0.3) is 0 Å². The van der Waals surface area contributed by atoms with Crippen molar-refractivity contribution in [2.75, 3.05) is 12.4 Å². The number of nitrogen functional groups attached to an aromatic ring is 1. The fourth-order valence-corrected chi connectivity index (χ4v) is 2.08. The summed E-state index contributed by atoms with van der Waals surface area (Å²) >= 11 is 1.01. The van der Waals surface area contributed by atoms with Crippen LogP contribution < -0.4 is 5.73 Å². The Balaban J connectivity index is 2.90. The Morgan fingerprint density at radius 3 is 2.41 bits per heavy atom. The molecule has 1 aromatic carbocycles. The topological polar surface area (TPSA) is 70.1 Å². The standard InChI is InChI=1S/C11H14F2N2OS/c1-6(4-16)5-17-10-8(12)2-7(11(14)15)3-9(10)13/h2-3,6,16H,4-5H2,1H3,(H3,14,15). The van der Waals surface area contributed by atoms with Crippen LogP contribution in [-0.2, 0) is 0 Å². The lowest BCUT2D eigenvalue weighted by Gasteiger charge is -2.10. The summed E-state index contributed by atoms with van der Waals surface area (Å²) in [7, 11) is 0. The van der Waals surface area contributed by atoms with Gasteiger partial charge < -0.3 is 10.8 Å². The van der Waals surface area contributed by atoms with E-state index in [0.717, 1.165) is 23.9 Å². The molecule has 0 aliphatic heterocycles. The molecule has 0 amide bonds. The number of thioether (sulfide) groups is 1. The lowest BCUT2D eigenvalue weighted by Crippen LogP contribution is -2.12. The number of aliphatic hydroxyl groups is 1. The SMILES string of the molecule is CC(CO)CSc1c(F)cc(C(=N)N)cc1F. The zero-order valence-corrected chi connectivity index (χ0v) is 10.2. The van der Waals surface area contributed by atoms with E-state index in [0.29, 0.717) is 5.75 Å². The molecule has 17 heavy (non-hydrogen) atoms. The summed E-state index contributed by atoms with van der Waals surface area (Å²) in [5.41, 5.74) is 5.18. The highest BCUT2D eigenvalue weighted by Crippen LogP contribution is 2.27. The number of rotatable bonds is 5. The molecule has 0 fully saturated rings. The highest BCUT2D eigenvalue weighted by atomic mass is 32.2. The summed E-state index contributed by atoms with van der Waals surface area (Å²) in [6, 6.07) is 2.08. The van der Waals surface area contributed by atoms with E-state index in [4.69, 9.17) is 16.2 Å². The van der Waals surface area contributed by atoms with Crippen LogP contribution in [-0.4, -0.2) is 23.3 Å². The van der Waals surface area contributed by atoms with E-state index >= 15 is 0 Å². The normalized spacial score (nSPS) is 12.5. The average Bonchev–Trinajstić information content (AvgIpc) is 2.27. The van der Waals surface area contributed by atoms with Gasteiger partial charge in [-0.25, -0.2) is 8.78 Å². The Morgan fingerprint density at radius 1 is 1.47 bits per heavy atom. The van der Waals surface area contributed by atoms with Crippen molar-refractivity contribution in [3.05, 3.63) is 29.3 Å². The first-order valence-electron chi connectivity index (χ1n) is 5.02. The maximum Gasteiger partial charge on any atom is 0.140 e. The third-order valence-electron chi connectivity index (χ3n) is 2.13. The molecule has 0 saturated carbocycles. The monoisotopic (exact) mass is 260 g/mol. The maximum absolute atomic E-state index is 13.6. The number of amidine groups is 1. The molecule has 6 heteroatoms. The molecule has 1 atom stereocenters. The van der Waals surface area contributed by atoms with Crippen LogP contribution in [0.1, 0.15) is 12.5 Å². The van der Waals surface area contributed by atoms with Gasteiger partial charge in [0.2, 0.25) is 0 Å². The average molecular weight is 260 g/mol. The lowest BCUT2D eigenvalue weighted by atomic mass is 10.2. The first kappa shape index (κ1) is 13.9. The van der Waals surface area contributed by atoms with E-state index in [1.54, 1.807) is 6.92 Å². The number of hydrogen-bond donors (Lipinski definition) is 3. The molecule has 1 unspecified atom stereocenters. The van der Waals surface area contributed by atoms with Gasteiger partial charge in [0.1, 0.15) is 17.5 Å². The quantitative estimate of drug-likeness (QED) is 0.430. The number of nitrogens with one attached hydrogen (secondary N) is 1. The van der Waals surface area contributed by atoms with E-state index in [-0.39, 0.29) is 28.8 Å². The van der Waals surface area contributed by atoms with Crippen molar-refractivity contribution in [3.63, 3.8) is 0 Å². The zero-order valence-electron chi connectivity index (χ0n) is 9.34. The lowest BCUT2D eigenvalue weighted by molar-refractivity contribution is 0.250. The van der Waals surface area contributed by atoms with Crippen LogP contribution in [0.4, 0.5) is 8.78 Å². The predicted octanol–water partition coefficient (Wildman–Crippen LogP) is 1.97. The second-order valence-electron chi connectivity index (χ2n) is 3.78. The summed E-state index contributed by atoms with van der Waals surface area (Å²) in [6.45, 7) is 1.76. The summed E-state index contributed by atoms with van der Waals surface area (Å²) in [4.78, 5) is -0.102. The molecule has 94 valence electrons. The molecule has 0 aromatic heterocycles. The Hall–Kier alpha value is -1.14.